The van der Waals surface area contributed by atoms with Gasteiger partial charge in [-0.1, -0.05) is 25.0 Å². The van der Waals surface area contributed by atoms with Gasteiger partial charge in [-0.3, -0.25) is 4.79 Å². The van der Waals surface area contributed by atoms with E-state index in [1.54, 1.807) is 13.1 Å². The topological polar surface area (TPSA) is 85.8 Å². The Morgan fingerprint density at radius 2 is 2.35 bits per heavy atom. The Bertz CT molecular complexity index is 349. The highest BCUT2D eigenvalue weighted by molar-refractivity contribution is 5.79. The minimum Gasteiger partial charge on any atom is -0.354 e. The number of carbonyl (C=O) groups is 1. The van der Waals surface area contributed by atoms with Crippen molar-refractivity contribution in [3.8, 4) is 0 Å². The molecule has 1 unspecified atom stereocenters. The van der Waals surface area contributed by atoms with Gasteiger partial charge in [0.05, 0.1) is 11.9 Å². The monoisotopic (exact) mass is 239 g/mol. The zero-order valence-electron chi connectivity index (χ0n) is 10.5. The van der Waals surface area contributed by atoms with Crippen LogP contribution in [0.4, 0.5) is 0 Å². The Morgan fingerprint density at radius 3 is 2.94 bits per heavy atom. The molecule has 0 aliphatic heterocycles. The normalized spacial score (nSPS) is 12.4. The first-order chi connectivity index (χ1) is 8.19. The summed E-state index contributed by atoms with van der Waals surface area (Å²) in [6.07, 6.45) is 5.00. The maximum absolute atomic E-state index is 11.8. The van der Waals surface area contributed by atoms with E-state index < -0.39 is 0 Å². The second-order valence-electron chi connectivity index (χ2n) is 4.07. The molecule has 0 bridgehead atoms. The molecule has 0 saturated heterocycles. The van der Waals surface area contributed by atoms with E-state index >= 15 is 0 Å². The molecule has 1 amide bonds. The van der Waals surface area contributed by atoms with E-state index in [-0.39, 0.29) is 11.9 Å². The van der Waals surface area contributed by atoms with E-state index in [9.17, 15) is 4.79 Å². The van der Waals surface area contributed by atoms with Gasteiger partial charge in [0.2, 0.25) is 5.91 Å². The van der Waals surface area contributed by atoms with Crippen LogP contribution in [0.15, 0.2) is 6.20 Å². The van der Waals surface area contributed by atoms with Crippen molar-refractivity contribution < 1.29 is 4.79 Å². The summed E-state index contributed by atoms with van der Waals surface area (Å²) in [5, 5.41) is 10.6. The van der Waals surface area contributed by atoms with Crippen molar-refractivity contribution in [3.05, 3.63) is 11.9 Å². The molecule has 0 spiro atoms. The molecular weight excluding hydrogens is 218 g/mol. The minimum atomic E-state index is -0.343. The zero-order valence-corrected chi connectivity index (χ0v) is 10.5. The molecule has 0 radical (unpaired) electrons. The molecule has 0 aliphatic rings. The van der Waals surface area contributed by atoms with Gasteiger partial charge in [-0.05, 0) is 13.3 Å². The summed E-state index contributed by atoms with van der Waals surface area (Å²) in [6.45, 7) is 4.98. The fourth-order valence-electron chi connectivity index (χ4n) is 1.45. The molecule has 3 N–H and O–H groups in total. The van der Waals surface area contributed by atoms with Crippen LogP contribution in [0.25, 0.3) is 0 Å². The van der Waals surface area contributed by atoms with Gasteiger partial charge in [0.25, 0.3) is 0 Å². The fraction of sp³-hybridized carbons (Fsp3) is 0.727. The van der Waals surface area contributed by atoms with E-state index in [0.717, 1.165) is 25.8 Å². The van der Waals surface area contributed by atoms with Crippen LogP contribution in [0.3, 0.4) is 0 Å². The van der Waals surface area contributed by atoms with Crippen LogP contribution in [0, 0.1) is 0 Å². The second kappa shape index (κ2) is 7.01. The highest BCUT2D eigenvalue weighted by Gasteiger charge is 2.15. The zero-order chi connectivity index (χ0) is 12.7. The highest BCUT2D eigenvalue weighted by atomic mass is 16.2. The van der Waals surface area contributed by atoms with Gasteiger partial charge in [0.1, 0.15) is 6.04 Å². The molecule has 6 heteroatoms. The number of nitrogens with zero attached hydrogens (tertiary/aromatic N) is 3. The molecule has 1 atom stereocenters. The third-order valence-corrected chi connectivity index (χ3v) is 2.62. The summed E-state index contributed by atoms with van der Waals surface area (Å²) in [5.74, 6) is -0.0328. The maximum Gasteiger partial charge on any atom is 0.244 e. The van der Waals surface area contributed by atoms with Crippen molar-refractivity contribution in [2.45, 2.75) is 45.7 Å². The number of hydrogen-bond acceptors (Lipinski definition) is 4. The maximum atomic E-state index is 11.8. The average Bonchev–Trinajstić information content (AvgIpc) is 2.82. The Kier molecular flexibility index (Phi) is 5.62. The number of amides is 1. The number of unbranched alkanes of at least 4 members (excludes halogenated alkanes) is 2. The molecule has 0 saturated carbocycles. The van der Waals surface area contributed by atoms with Crippen LogP contribution in [0.2, 0.25) is 0 Å². The summed E-state index contributed by atoms with van der Waals surface area (Å²) in [4.78, 5) is 11.8. The molecular formula is C11H21N5O. The van der Waals surface area contributed by atoms with Crippen LogP contribution in [-0.4, -0.2) is 27.4 Å². The lowest BCUT2D eigenvalue weighted by Gasteiger charge is -2.11. The molecule has 1 rings (SSSR count). The molecule has 0 aliphatic carbocycles. The van der Waals surface area contributed by atoms with E-state index in [1.807, 2.05) is 0 Å². The molecule has 0 aromatic carbocycles. The number of nitrogens with one attached hydrogen (secondary N) is 1. The van der Waals surface area contributed by atoms with Gasteiger partial charge in [-0.2, -0.15) is 0 Å². The molecule has 1 heterocycles. The molecule has 1 aromatic heterocycles. The Labute approximate surface area is 102 Å². The predicted octanol–water partition coefficient (Wildman–Crippen LogP) is 0.604. The summed E-state index contributed by atoms with van der Waals surface area (Å²) >= 11 is 0. The summed E-state index contributed by atoms with van der Waals surface area (Å²) in [5.41, 5.74) is 6.13. The van der Waals surface area contributed by atoms with Crippen LogP contribution < -0.4 is 11.1 Å². The quantitative estimate of drug-likeness (QED) is 0.682. The first-order valence-electron chi connectivity index (χ1n) is 6.07. The number of carbonyl (C=O) groups excluding carboxylic acids is 1. The largest absolute Gasteiger partial charge is 0.354 e. The number of nitrogens with two attached hydrogens (primary N) is 1. The first kappa shape index (κ1) is 13.6. The Hall–Kier alpha value is -1.43. The third kappa shape index (κ3) is 4.14. The third-order valence-electron chi connectivity index (χ3n) is 2.62. The average molecular weight is 239 g/mol. The van der Waals surface area contributed by atoms with Gasteiger partial charge in [0.15, 0.2) is 0 Å². The molecule has 6 nitrogen and oxygen atoms in total. The van der Waals surface area contributed by atoms with E-state index in [0.29, 0.717) is 12.2 Å². The highest BCUT2D eigenvalue weighted by Crippen LogP contribution is 2.04. The van der Waals surface area contributed by atoms with Gasteiger partial charge >= 0.3 is 0 Å². The van der Waals surface area contributed by atoms with Gasteiger partial charge in [-0.15, -0.1) is 5.10 Å². The van der Waals surface area contributed by atoms with Crippen LogP contribution in [0.1, 0.15) is 44.8 Å². The van der Waals surface area contributed by atoms with E-state index in [2.05, 4.69) is 22.6 Å². The Morgan fingerprint density at radius 1 is 1.59 bits per heavy atom. The SMILES string of the molecule is CCCCCNC(=O)C(C)n1cc(CN)nn1. The van der Waals surface area contributed by atoms with Crippen LogP contribution >= 0.6 is 0 Å². The molecule has 96 valence electrons. The minimum absolute atomic E-state index is 0.0328. The van der Waals surface area contributed by atoms with E-state index in [1.165, 1.54) is 4.68 Å². The smallest absolute Gasteiger partial charge is 0.244 e. The van der Waals surface area contributed by atoms with Crippen molar-refractivity contribution in [1.29, 1.82) is 0 Å². The lowest BCUT2D eigenvalue weighted by Crippen LogP contribution is -2.32. The standard InChI is InChI=1S/C11H21N5O/c1-3-4-5-6-13-11(17)9(2)16-8-10(7-12)14-15-16/h8-9H,3-7,12H2,1-2H3,(H,13,17). The lowest BCUT2D eigenvalue weighted by molar-refractivity contribution is -0.124. The lowest BCUT2D eigenvalue weighted by atomic mass is 10.2. The summed E-state index contributed by atoms with van der Waals surface area (Å²) in [6, 6.07) is -0.343. The van der Waals surface area contributed by atoms with Crippen molar-refractivity contribution in [2.24, 2.45) is 5.73 Å². The Balaban J connectivity index is 2.40. The summed E-state index contributed by atoms with van der Waals surface area (Å²) in [7, 11) is 0. The second-order valence-corrected chi connectivity index (χ2v) is 4.07. The molecule has 0 fully saturated rings. The van der Waals surface area contributed by atoms with Gasteiger partial charge in [-0.25, -0.2) is 4.68 Å². The molecule has 17 heavy (non-hydrogen) atoms. The summed E-state index contributed by atoms with van der Waals surface area (Å²) < 4.78 is 1.54. The van der Waals surface area contributed by atoms with Gasteiger partial charge < -0.3 is 11.1 Å². The van der Waals surface area contributed by atoms with Gasteiger partial charge in [0, 0.05) is 13.1 Å². The van der Waals surface area contributed by atoms with Crippen LogP contribution in [0.5, 0.6) is 0 Å². The van der Waals surface area contributed by atoms with Crippen molar-refractivity contribution >= 4 is 5.91 Å². The molecule has 1 aromatic rings. The number of aromatic nitrogens is 3. The predicted molar refractivity (Wildman–Crippen MR) is 65.2 cm³/mol. The van der Waals surface area contributed by atoms with Crippen molar-refractivity contribution in [3.63, 3.8) is 0 Å². The van der Waals surface area contributed by atoms with E-state index in [4.69, 9.17) is 5.73 Å². The number of rotatable bonds is 7. The van der Waals surface area contributed by atoms with Crippen molar-refractivity contribution in [1.82, 2.24) is 20.3 Å². The first-order valence-corrected chi connectivity index (χ1v) is 6.07. The number of hydrogen-bond donors (Lipinski definition) is 2. The van der Waals surface area contributed by atoms with Crippen molar-refractivity contribution in [2.75, 3.05) is 6.54 Å². The van der Waals surface area contributed by atoms with Crippen LogP contribution in [-0.2, 0) is 11.3 Å². The fourth-order valence-corrected chi connectivity index (χ4v) is 1.45.